The largest absolute Gasteiger partial charge is 0.366 e. The molecular formula is C20H23N7O. The number of anilines is 3. The van der Waals surface area contributed by atoms with E-state index in [0.717, 1.165) is 40.8 Å². The van der Waals surface area contributed by atoms with Crippen molar-refractivity contribution < 1.29 is 4.79 Å². The molecule has 0 saturated heterocycles. The van der Waals surface area contributed by atoms with E-state index in [1.54, 1.807) is 6.20 Å². The molecule has 28 heavy (non-hydrogen) atoms. The van der Waals surface area contributed by atoms with E-state index in [-0.39, 0.29) is 18.0 Å². The van der Waals surface area contributed by atoms with Crippen molar-refractivity contribution in [2.75, 3.05) is 10.6 Å². The molecule has 2 atom stereocenters. The smallest absolute Gasteiger partial charge is 0.255 e. The summed E-state index contributed by atoms with van der Waals surface area (Å²) in [6.45, 7) is 0.510. The van der Waals surface area contributed by atoms with Crippen LogP contribution in [0, 0.1) is 0 Å². The Morgan fingerprint density at radius 3 is 2.96 bits per heavy atom. The van der Waals surface area contributed by atoms with Gasteiger partial charge in [-0.15, -0.1) is 0 Å². The number of hydrogen-bond donors (Lipinski definition) is 5. The van der Waals surface area contributed by atoms with E-state index in [9.17, 15) is 4.79 Å². The third-order valence-corrected chi connectivity index (χ3v) is 5.62. The van der Waals surface area contributed by atoms with Crippen molar-refractivity contribution in [2.24, 2.45) is 5.73 Å². The molecule has 5 rings (SSSR count). The molecule has 0 unspecified atom stereocenters. The molecule has 2 aromatic heterocycles. The van der Waals surface area contributed by atoms with Crippen LogP contribution in [-0.4, -0.2) is 33.2 Å². The molecule has 2 aliphatic rings. The number of nitrogens with zero attached hydrogens (tertiary/aromatic N) is 2. The quantitative estimate of drug-likeness (QED) is 0.477. The Kier molecular flexibility index (Phi) is 4.12. The Hall–Kier alpha value is -3.13. The highest BCUT2D eigenvalue weighted by molar-refractivity contribution is 6.03. The van der Waals surface area contributed by atoms with E-state index in [1.165, 1.54) is 12.8 Å². The van der Waals surface area contributed by atoms with Crippen LogP contribution in [0.1, 0.15) is 41.6 Å². The second kappa shape index (κ2) is 6.79. The number of nitrogens with two attached hydrogens (primary N) is 1. The molecule has 1 aromatic carbocycles. The first-order valence-corrected chi connectivity index (χ1v) is 9.72. The highest BCUT2D eigenvalue weighted by Crippen LogP contribution is 2.30. The number of hydrogen-bond acceptors (Lipinski definition) is 6. The SMILES string of the molecule is N[C@H]1CCCC[C@H]1Nc1cc2c(c(Nc3ccc4cn[nH]c4c3)n1)C(=O)NC2. The fourth-order valence-corrected chi connectivity index (χ4v) is 4.10. The maximum Gasteiger partial charge on any atom is 0.255 e. The molecule has 1 aliphatic heterocycles. The minimum absolute atomic E-state index is 0.103. The predicted molar refractivity (Wildman–Crippen MR) is 109 cm³/mol. The van der Waals surface area contributed by atoms with Gasteiger partial charge in [-0.3, -0.25) is 9.89 Å². The molecule has 144 valence electrons. The summed E-state index contributed by atoms with van der Waals surface area (Å²) in [6, 6.07) is 8.18. The number of amides is 1. The van der Waals surface area contributed by atoms with E-state index in [1.807, 2.05) is 24.3 Å². The normalized spacial score (nSPS) is 21.4. The molecular weight excluding hydrogens is 354 g/mol. The van der Waals surface area contributed by atoms with Gasteiger partial charge in [0.2, 0.25) is 0 Å². The fraction of sp³-hybridized carbons (Fsp3) is 0.350. The lowest BCUT2D eigenvalue weighted by Crippen LogP contribution is -2.42. The van der Waals surface area contributed by atoms with Crippen molar-refractivity contribution in [3.05, 3.63) is 41.6 Å². The van der Waals surface area contributed by atoms with Gasteiger partial charge >= 0.3 is 0 Å². The van der Waals surface area contributed by atoms with Crippen LogP contribution in [0.15, 0.2) is 30.5 Å². The summed E-state index contributed by atoms with van der Waals surface area (Å²) in [6.07, 6.45) is 6.19. The molecule has 6 N–H and O–H groups in total. The molecule has 1 aliphatic carbocycles. The fourth-order valence-electron chi connectivity index (χ4n) is 4.10. The molecule has 3 heterocycles. The molecule has 1 fully saturated rings. The van der Waals surface area contributed by atoms with Gasteiger partial charge in [0.25, 0.3) is 5.91 Å². The van der Waals surface area contributed by atoms with Crippen molar-refractivity contribution in [2.45, 2.75) is 44.3 Å². The Morgan fingerprint density at radius 1 is 1.18 bits per heavy atom. The number of benzene rings is 1. The van der Waals surface area contributed by atoms with Gasteiger partial charge in [-0.2, -0.15) is 5.10 Å². The Labute approximate surface area is 162 Å². The molecule has 3 aromatic rings. The lowest BCUT2D eigenvalue weighted by atomic mass is 9.91. The van der Waals surface area contributed by atoms with Gasteiger partial charge < -0.3 is 21.7 Å². The van der Waals surface area contributed by atoms with Gasteiger partial charge in [-0.25, -0.2) is 4.98 Å². The zero-order valence-corrected chi connectivity index (χ0v) is 15.5. The minimum atomic E-state index is -0.103. The van der Waals surface area contributed by atoms with Crippen molar-refractivity contribution in [3.63, 3.8) is 0 Å². The van der Waals surface area contributed by atoms with Crippen LogP contribution in [-0.2, 0) is 6.54 Å². The summed E-state index contributed by atoms with van der Waals surface area (Å²) in [7, 11) is 0. The maximum absolute atomic E-state index is 12.4. The van der Waals surface area contributed by atoms with E-state index in [2.05, 4.69) is 26.1 Å². The average molecular weight is 377 g/mol. The number of carbonyl (C=O) groups is 1. The Bertz CT molecular complexity index is 1040. The summed E-state index contributed by atoms with van der Waals surface area (Å²) >= 11 is 0. The van der Waals surface area contributed by atoms with Gasteiger partial charge in [-0.1, -0.05) is 12.8 Å². The number of aromatic amines is 1. The number of pyridine rings is 1. The van der Waals surface area contributed by atoms with Crippen LogP contribution in [0.4, 0.5) is 17.3 Å². The van der Waals surface area contributed by atoms with Crippen molar-refractivity contribution in [3.8, 4) is 0 Å². The molecule has 1 saturated carbocycles. The first-order valence-electron chi connectivity index (χ1n) is 9.72. The highest BCUT2D eigenvalue weighted by Gasteiger charge is 2.27. The van der Waals surface area contributed by atoms with Crippen LogP contribution in [0.25, 0.3) is 10.9 Å². The summed E-state index contributed by atoms with van der Waals surface area (Å²) in [5.41, 5.74) is 9.60. The highest BCUT2D eigenvalue weighted by atomic mass is 16.1. The summed E-state index contributed by atoms with van der Waals surface area (Å²) in [5, 5.41) is 17.7. The third kappa shape index (κ3) is 3.05. The van der Waals surface area contributed by atoms with E-state index >= 15 is 0 Å². The summed E-state index contributed by atoms with van der Waals surface area (Å²) < 4.78 is 0. The van der Waals surface area contributed by atoms with Crippen LogP contribution in [0.5, 0.6) is 0 Å². The van der Waals surface area contributed by atoms with Crippen molar-refractivity contribution >= 4 is 34.1 Å². The monoisotopic (exact) mass is 377 g/mol. The van der Waals surface area contributed by atoms with E-state index < -0.39 is 0 Å². The number of aromatic nitrogens is 3. The second-order valence-corrected chi connectivity index (χ2v) is 7.57. The van der Waals surface area contributed by atoms with Crippen LogP contribution in [0.2, 0.25) is 0 Å². The first kappa shape index (κ1) is 17.0. The standard InChI is InChI=1S/C20H23N7O/c21-14-3-1-2-4-15(14)25-17-7-12-9-22-20(28)18(12)19(26-17)24-13-6-5-11-10-23-27-16(11)8-13/h5-8,10,14-15H,1-4,9,21H2,(H,22,28)(H,23,27)(H2,24,25,26)/t14-,15+/m0/s1. The average Bonchev–Trinajstić information content (AvgIpc) is 3.30. The molecule has 8 heteroatoms. The van der Waals surface area contributed by atoms with Gasteiger partial charge in [0, 0.05) is 29.7 Å². The molecule has 8 nitrogen and oxygen atoms in total. The zero-order chi connectivity index (χ0) is 19.1. The lowest BCUT2D eigenvalue weighted by Gasteiger charge is -2.30. The van der Waals surface area contributed by atoms with Gasteiger partial charge in [0.05, 0.1) is 17.3 Å². The van der Waals surface area contributed by atoms with Gasteiger partial charge in [0.15, 0.2) is 0 Å². The lowest BCUT2D eigenvalue weighted by molar-refractivity contribution is 0.0966. The van der Waals surface area contributed by atoms with Crippen LogP contribution < -0.4 is 21.7 Å². The second-order valence-electron chi connectivity index (χ2n) is 7.57. The van der Waals surface area contributed by atoms with Crippen LogP contribution in [0.3, 0.4) is 0 Å². The van der Waals surface area contributed by atoms with Crippen LogP contribution >= 0.6 is 0 Å². The Balaban J connectivity index is 1.48. The number of rotatable bonds is 4. The number of carbonyl (C=O) groups excluding carboxylic acids is 1. The topological polar surface area (TPSA) is 121 Å². The van der Waals surface area contributed by atoms with E-state index in [4.69, 9.17) is 10.7 Å². The molecule has 0 bridgehead atoms. The number of H-pyrrole nitrogens is 1. The summed E-state index contributed by atoms with van der Waals surface area (Å²) in [5.74, 6) is 1.20. The molecule has 1 amide bonds. The van der Waals surface area contributed by atoms with E-state index in [0.29, 0.717) is 17.9 Å². The maximum atomic E-state index is 12.4. The molecule has 0 spiro atoms. The molecule has 0 radical (unpaired) electrons. The zero-order valence-electron chi connectivity index (χ0n) is 15.5. The Morgan fingerprint density at radius 2 is 2.07 bits per heavy atom. The van der Waals surface area contributed by atoms with Crippen molar-refractivity contribution in [1.29, 1.82) is 0 Å². The number of nitrogens with one attached hydrogen (secondary N) is 4. The van der Waals surface area contributed by atoms with Crippen molar-refractivity contribution in [1.82, 2.24) is 20.5 Å². The predicted octanol–water partition coefficient (Wildman–Crippen LogP) is 2.63. The minimum Gasteiger partial charge on any atom is -0.366 e. The van der Waals surface area contributed by atoms with Gasteiger partial charge in [-0.05, 0) is 42.7 Å². The van der Waals surface area contributed by atoms with Gasteiger partial charge in [0.1, 0.15) is 11.6 Å². The first-order chi connectivity index (χ1) is 13.7. The number of fused-ring (bicyclic) bond motifs is 2. The summed E-state index contributed by atoms with van der Waals surface area (Å²) in [4.78, 5) is 17.1. The third-order valence-electron chi connectivity index (χ3n) is 5.62.